The molecule has 2 aromatic rings. The number of nitrogens with zero attached hydrogens (tertiary/aromatic N) is 1. The lowest BCUT2D eigenvalue weighted by molar-refractivity contribution is 0.0697. The van der Waals surface area contributed by atoms with Crippen molar-refractivity contribution in [2.45, 2.75) is 18.9 Å². The zero-order chi connectivity index (χ0) is 17.1. The van der Waals surface area contributed by atoms with Gasteiger partial charge in [-0.1, -0.05) is 23.2 Å². The van der Waals surface area contributed by atoms with Crippen LogP contribution in [0.4, 0.5) is 0 Å². The summed E-state index contributed by atoms with van der Waals surface area (Å²) in [6, 6.07) is 6.42. The second-order valence-electron chi connectivity index (χ2n) is 5.71. The first-order valence-electron chi connectivity index (χ1n) is 7.61. The molecule has 0 unspecified atom stereocenters. The molecule has 2 heterocycles. The predicted octanol–water partition coefficient (Wildman–Crippen LogP) is 3.62. The molecular formula is C17H16Cl2N2O3. The number of benzene rings is 1. The highest BCUT2D eigenvalue weighted by Crippen LogP contribution is 2.20. The first-order valence-corrected chi connectivity index (χ1v) is 8.37. The van der Waals surface area contributed by atoms with Crippen LogP contribution < -0.4 is 5.32 Å². The van der Waals surface area contributed by atoms with E-state index in [2.05, 4.69) is 5.32 Å². The number of nitrogens with one attached hydrogen (secondary N) is 1. The summed E-state index contributed by atoms with van der Waals surface area (Å²) in [4.78, 5) is 26.3. The average molecular weight is 367 g/mol. The number of likely N-dealkylation sites (tertiary alicyclic amines) is 1. The second kappa shape index (κ2) is 7.28. The highest BCUT2D eigenvalue weighted by Gasteiger charge is 2.25. The Morgan fingerprint density at radius 2 is 1.75 bits per heavy atom. The van der Waals surface area contributed by atoms with Crippen LogP contribution in [0.3, 0.4) is 0 Å². The summed E-state index contributed by atoms with van der Waals surface area (Å²) in [6.45, 7) is 1.18. The number of rotatable bonds is 3. The fraction of sp³-hybridized carbons (Fsp3) is 0.294. The van der Waals surface area contributed by atoms with Crippen molar-refractivity contribution in [3.8, 4) is 0 Å². The van der Waals surface area contributed by atoms with Crippen LogP contribution in [0.25, 0.3) is 0 Å². The highest BCUT2D eigenvalue weighted by molar-refractivity contribution is 6.35. The van der Waals surface area contributed by atoms with E-state index < -0.39 is 0 Å². The van der Waals surface area contributed by atoms with Crippen molar-refractivity contribution in [2.75, 3.05) is 13.1 Å². The molecule has 1 aliphatic heterocycles. The summed E-state index contributed by atoms with van der Waals surface area (Å²) in [5.41, 5.74) is 0.982. The first-order chi connectivity index (χ1) is 11.5. The van der Waals surface area contributed by atoms with Crippen molar-refractivity contribution in [1.82, 2.24) is 10.2 Å². The van der Waals surface area contributed by atoms with Gasteiger partial charge in [-0.2, -0.15) is 0 Å². The molecule has 0 aliphatic carbocycles. The molecule has 2 amide bonds. The van der Waals surface area contributed by atoms with Gasteiger partial charge in [0.25, 0.3) is 11.8 Å². The molecule has 24 heavy (non-hydrogen) atoms. The van der Waals surface area contributed by atoms with E-state index in [1.54, 1.807) is 29.2 Å². The maximum Gasteiger partial charge on any atom is 0.257 e. The molecule has 0 bridgehead atoms. The van der Waals surface area contributed by atoms with Gasteiger partial charge in [0.1, 0.15) is 6.26 Å². The van der Waals surface area contributed by atoms with Gasteiger partial charge in [-0.05, 0) is 37.1 Å². The van der Waals surface area contributed by atoms with Gasteiger partial charge in [0.05, 0.1) is 11.8 Å². The third-order valence-corrected chi connectivity index (χ3v) is 4.45. The van der Waals surface area contributed by atoms with E-state index in [-0.39, 0.29) is 17.9 Å². The van der Waals surface area contributed by atoms with Crippen LogP contribution >= 0.6 is 23.2 Å². The Morgan fingerprint density at radius 1 is 1.08 bits per heavy atom. The van der Waals surface area contributed by atoms with E-state index >= 15 is 0 Å². The van der Waals surface area contributed by atoms with Crippen molar-refractivity contribution in [2.24, 2.45) is 0 Å². The molecule has 1 N–H and O–H groups in total. The van der Waals surface area contributed by atoms with Crippen LogP contribution in [0.15, 0.2) is 41.2 Å². The lowest BCUT2D eigenvalue weighted by atomic mass is 10.0. The Balaban J connectivity index is 1.55. The van der Waals surface area contributed by atoms with Crippen LogP contribution in [0.5, 0.6) is 0 Å². The molecule has 1 fully saturated rings. The Labute approximate surface area is 149 Å². The van der Waals surface area contributed by atoms with E-state index in [4.69, 9.17) is 27.6 Å². The number of halogens is 2. The molecule has 1 saturated heterocycles. The molecule has 0 spiro atoms. The normalized spacial score (nSPS) is 15.3. The first kappa shape index (κ1) is 16.9. The quantitative estimate of drug-likeness (QED) is 0.901. The topological polar surface area (TPSA) is 62.6 Å². The smallest absolute Gasteiger partial charge is 0.257 e. The van der Waals surface area contributed by atoms with Crippen LogP contribution in [0.2, 0.25) is 10.0 Å². The second-order valence-corrected chi connectivity index (χ2v) is 6.58. The van der Waals surface area contributed by atoms with Crippen molar-refractivity contribution < 1.29 is 14.0 Å². The third-order valence-electron chi connectivity index (χ3n) is 4.01. The average Bonchev–Trinajstić information content (AvgIpc) is 3.08. The molecule has 0 atom stereocenters. The van der Waals surface area contributed by atoms with Crippen LogP contribution in [-0.4, -0.2) is 35.8 Å². The van der Waals surface area contributed by atoms with Gasteiger partial charge < -0.3 is 14.6 Å². The van der Waals surface area contributed by atoms with Gasteiger partial charge >= 0.3 is 0 Å². The van der Waals surface area contributed by atoms with E-state index in [9.17, 15) is 9.59 Å². The minimum atomic E-state index is -0.209. The van der Waals surface area contributed by atoms with Crippen molar-refractivity contribution in [3.05, 3.63) is 58.0 Å². The van der Waals surface area contributed by atoms with Crippen LogP contribution in [0.1, 0.15) is 33.6 Å². The number of hydrogen-bond donors (Lipinski definition) is 1. The summed E-state index contributed by atoms with van der Waals surface area (Å²) in [6.07, 6.45) is 4.32. The molecule has 1 aliphatic rings. The van der Waals surface area contributed by atoms with Gasteiger partial charge in [-0.25, -0.2) is 0 Å². The maximum absolute atomic E-state index is 12.3. The third kappa shape index (κ3) is 3.91. The fourth-order valence-electron chi connectivity index (χ4n) is 2.75. The van der Waals surface area contributed by atoms with E-state index in [0.717, 1.165) is 0 Å². The summed E-state index contributed by atoms with van der Waals surface area (Å²) in [5, 5.41) is 3.82. The Kier molecular flexibility index (Phi) is 5.11. The monoisotopic (exact) mass is 366 g/mol. The molecule has 5 nitrogen and oxygen atoms in total. The minimum Gasteiger partial charge on any atom is -0.472 e. The van der Waals surface area contributed by atoms with Crippen molar-refractivity contribution >= 4 is 35.0 Å². The number of furan rings is 1. The zero-order valence-corrected chi connectivity index (χ0v) is 14.3. The van der Waals surface area contributed by atoms with E-state index in [1.165, 1.54) is 12.5 Å². The van der Waals surface area contributed by atoms with Gasteiger partial charge in [0.2, 0.25) is 0 Å². The SMILES string of the molecule is O=C(NC1CCN(C(=O)c2ccoc2)CC1)c1cc(Cl)cc(Cl)c1. The summed E-state index contributed by atoms with van der Waals surface area (Å²) < 4.78 is 4.94. The number of carbonyl (C=O) groups is 2. The van der Waals surface area contributed by atoms with Gasteiger partial charge in [-0.15, -0.1) is 0 Å². The minimum absolute atomic E-state index is 0.0173. The summed E-state index contributed by atoms with van der Waals surface area (Å²) >= 11 is 11.8. The molecule has 0 radical (unpaired) electrons. The molecule has 1 aromatic carbocycles. The van der Waals surface area contributed by atoms with Gasteiger partial charge in [0.15, 0.2) is 0 Å². The Hall–Kier alpha value is -1.98. The standard InChI is InChI=1S/C17H16Cl2N2O3/c18-13-7-12(8-14(19)9-13)16(22)20-15-1-4-21(5-2-15)17(23)11-3-6-24-10-11/h3,6-10,15H,1-2,4-5H2,(H,20,22). The molecule has 1 aromatic heterocycles. The van der Waals surface area contributed by atoms with Gasteiger partial charge in [0, 0.05) is 34.7 Å². The molecular weight excluding hydrogens is 351 g/mol. The number of hydrogen-bond acceptors (Lipinski definition) is 3. The molecule has 7 heteroatoms. The highest BCUT2D eigenvalue weighted by atomic mass is 35.5. The summed E-state index contributed by atoms with van der Waals surface area (Å²) in [5.74, 6) is -0.255. The molecule has 3 rings (SSSR count). The van der Waals surface area contributed by atoms with Gasteiger partial charge in [-0.3, -0.25) is 9.59 Å². The van der Waals surface area contributed by atoms with Crippen LogP contribution in [0, 0.1) is 0 Å². The molecule has 126 valence electrons. The molecule has 0 saturated carbocycles. The Bertz CT molecular complexity index is 718. The van der Waals surface area contributed by atoms with Crippen molar-refractivity contribution in [1.29, 1.82) is 0 Å². The Morgan fingerprint density at radius 3 is 2.33 bits per heavy atom. The lowest BCUT2D eigenvalue weighted by Gasteiger charge is -2.32. The number of carbonyl (C=O) groups excluding carboxylic acids is 2. The van der Waals surface area contributed by atoms with E-state index in [0.29, 0.717) is 47.1 Å². The van der Waals surface area contributed by atoms with Crippen LogP contribution in [-0.2, 0) is 0 Å². The number of amides is 2. The van der Waals surface area contributed by atoms with Crippen molar-refractivity contribution in [3.63, 3.8) is 0 Å². The largest absolute Gasteiger partial charge is 0.472 e. The fourth-order valence-corrected chi connectivity index (χ4v) is 3.28. The van der Waals surface area contributed by atoms with E-state index in [1.807, 2.05) is 0 Å². The predicted molar refractivity (Wildman–Crippen MR) is 91.6 cm³/mol. The number of piperidine rings is 1. The zero-order valence-electron chi connectivity index (χ0n) is 12.8. The summed E-state index contributed by atoms with van der Waals surface area (Å²) in [7, 11) is 0. The lowest BCUT2D eigenvalue weighted by Crippen LogP contribution is -2.46. The maximum atomic E-state index is 12.3.